The standard InChI is InChI=1S/C8H15NO2/c1-6-5-7(11-2)3-4-8(10)9-6/h6-7H,3-5H2,1-2H3,(H,9,10). The minimum absolute atomic E-state index is 0.150. The van der Waals surface area contributed by atoms with Crippen LogP contribution in [-0.2, 0) is 9.53 Å². The maximum atomic E-state index is 11.0. The van der Waals surface area contributed by atoms with Gasteiger partial charge in [0.2, 0.25) is 5.91 Å². The molecule has 64 valence electrons. The first-order valence-electron chi connectivity index (χ1n) is 4.04. The Balaban J connectivity index is 2.46. The number of ether oxygens (including phenoxy) is 1. The van der Waals surface area contributed by atoms with Gasteiger partial charge >= 0.3 is 0 Å². The number of carbonyl (C=O) groups excluding carboxylic acids is 1. The minimum atomic E-state index is 0.150. The van der Waals surface area contributed by atoms with E-state index in [4.69, 9.17) is 4.74 Å². The van der Waals surface area contributed by atoms with Gasteiger partial charge in [0.25, 0.3) is 0 Å². The Morgan fingerprint density at radius 2 is 2.36 bits per heavy atom. The summed E-state index contributed by atoms with van der Waals surface area (Å²) in [4.78, 5) is 11.0. The Morgan fingerprint density at radius 1 is 1.64 bits per heavy atom. The van der Waals surface area contributed by atoms with Crippen LogP contribution in [0.2, 0.25) is 0 Å². The zero-order valence-corrected chi connectivity index (χ0v) is 7.09. The van der Waals surface area contributed by atoms with Crippen molar-refractivity contribution in [2.75, 3.05) is 7.11 Å². The Morgan fingerprint density at radius 3 is 3.00 bits per heavy atom. The molecule has 0 aromatic heterocycles. The lowest BCUT2D eigenvalue weighted by Gasteiger charge is -2.14. The third-order valence-corrected chi connectivity index (χ3v) is 2.05. The largest absolute Gasteiger partial charge is 0.381 e. The molecule has 1 aliphatic heterocycles. The van der Waals surface area contributed by atoms with Crippen molar-refractivity contribution in [3.63, 3.8) is 0 Å². The van der Waals surface area contributed by atoms with Crippen LogP contribution in [0, 0.1) is 0 Å². The van der Waals surface area contributed by atoms with Crippen molar-refractivity contribution in [1.29, 1.82) is 0 Å². The van der Waals surface area contributed by atoms with Gasteiger partial charge < -0.3 is 10.1 Å². The van der Waals surface area contributed by atoms with Crippen molar-refractivity contribution in [2.24, 2.45) is 0 Å². The zero-order valence-electron chi connectivity index (χ0n) is 7.09. The molecular formula is C8H15NO2. The normalized spacial score (nSPS) is 32.7. The van der Waals surface area contributed by atoms with Crippen LogP contribution in [0.3, 0.4) is 0 Å². The second kappa shape index (κ2) is 3.72. The molecule has 2 atom stereocenters. The lowest BCUT2D eigenvalue weighted by Crippen LogP contribution is -2.31. The van der Waals surface area contributed by atoms with Gasteiger partial charge in [-0.3, -0.25) is 4.79 Å². The lowest BCUT2D eigenvalue weighted by atomic mass is 10.1. The molecule has 0 bridgehead atoms. The number of amides is 1. The highest BCUT2D eigenvalue weighted by atomic mass is 16.5. The topological polar surface area (TPSA) is 38.3 Å². The second-order valence-electron chi connectivity index (χ2n) is 3.10. The Kier molecular flexibility index (Phi) is 2.88. The monoisotopic (exact) mass is 157 g/mol. The summed E-state index contributed by atoms with van der Waals surface area (Å²) in [6.07, 6.45) is 2.64. The first-order chi connectivity index (χ1) is 5.22. The van der Waals surface area contributed by atoms with Gasteiger partial charge in [0, 0.05) is 19.6 Å². The summed E-state index contributed by atoms with van der Waals surface area (Å²) in [5.74, 6) is 0.150. The average molecular weight is 157 g/mol. The summed E-state index contributed by atoms with van der Waals surface area (Å²) in [6.45, 7) is 2.01. The van der Waals surface area contributed by atoms with Crippen LogP contribution < -0.4 is 5.32 Å². The van der Waals surface area contributed by atoms with E-state index in [1.807, 2.05) is 6.92 Å². The van der Waals surface area contributed by atoms with Crippen LogP contribution in [0.25, 0.3) is 0 Å². The molecule has 2 unspecified atom stereocenters. The molecule has 1 heterocycles. The highest BCUT2D eigenvalue weighted by Gasteiger charge is 2.19. The summed E-state index contributed by atoms with van der Waals surface area (Å²) in [7, 11) is 1.70. The average Bonchev–Trinajstić information content (AvgIpc) is 2.11. The Hall–Kier alpha value is -0.570. The van der Waals surface area contributed by atoms with Crippen molar-refractivity contribution in [3.05, 3.63) is 0 Å². The number of nitrogens with one attached hydrogen (secondary N) is 1. The van der Waals surface area contributed by atoms with E-state index < -0.39 is 0 Å². The Bertz CT molecular complexity index is 147. The van der Waals surface area contributed by atoms with Crippen molar-refractivity contribution in [1.82, 2.24) is 5.32 Å². The summed E-state index contributed by atoms with van der Waals surface area (Å²) in [5, 5.41) is 2.89. The minimum Gasteiger partial charge on any atom is -0.381 e. The molecule has 1 fully saturated rings. The molecule has 3 nitrogen and oxygen atoms in total. The van der Waals surface area contributed by atoms with Crippen molar-refractivity contribution in [2.45, 2.75) is 38.3 Å². The molecule has 0 aliphatic carbocycles. The van der Waals surface area contributed by atoms with E-state index in [1.165, 1.54) is 0 Å². The smallest absolute Gasteiger partial charge is 0.220 e. The molecule has 0 spiro atoms. The van der Waals surface area contributed by atoms with Gasteiger partial charge in [-0.25, -0.2) is 0 Å². The molecule has 1 rings (SSSR count). The summed E-state index contributed by atoms with van der Waals surface area (Å²) in [5.41, 5.74) is 0. The van der Waals surface area contributed by atoms with Crippen LogP contribution in [0.5, 0.6) is 0 Å². The highest BCUT2D eigenvalue weighted by Crippen LogP contribution is 2.12. The summed E-state index contributed by atoms with van der Waals surface area (Å²) < 4.78 is 5.20. The van der Waals surface area contributed by atoms with Gasteiger partial charge in [0.05, 0.1) is 6.10 Å². The number of hydrogen-bond acceptors (Lipinski definition) is 2. The highest BCUT2D eigenvalue weighted by molar-refractivity contribution is 5.76. The van der Waals surface area contributed by atoms with Crippen molar-refractivity contribution >= 4 is 5.91 Å². The van der Waals surface area contributed by atoms with Crippen LogP contribution >= 0.6 is 0 Å². The van der Waals surface area contributed by atoms with E-state index in [1.54, 1.807) is 7.11 Å². The van der Waals surface area contributed by atoms with Gasteiger partial charge in [0.1, 0.15) is 0 Å². The van der Waals surface area contributed by atoms with Crippen LogP contribution in [-0.4, -0.2) is 25.2 Å². The van der Waals surface area contributed by atoms with E-state index in [0.29, 0.717) is 6.42 Å². The van der Waals surface area contributed by atoms with Crippen molar-refractivity contribution in [3.8, 4) is 0 Å². The molecule has 1 N–H and O–H groups in total. The summed E-state index contributed by atoms with van der Waals surface area (Å²) in [6, 6.07) is 0.259. The molecule has 1 aliphatic rings. The zero-order chi connectivity index (χ0) is 8.27. The van der Waals surface area contributed by atoms with Crippen LogP contribution in [0.4, 0.5) is 0 Å². The maximum absolute atomic E-state index is 11.0. The SMILES string of the molecule is COC1CCC(=O)NC(C)C1. The van der Waals surface area contributed by atoms with E-state index >= 15 is 0 Å². The fraction of sp³-hybridized carbons (Fsp3) is 0.875. The van der Waals surface area contributed by atoms with Crippen LogP contribution in [0.15, 0.2) is 0 Å². The van der Waals surface area contributed by atoms with Gasteiger partial charge in [-0.15, -0.1) is 0 Å². The molecule has 0 saturated carbocycles. The first kappa shape index (κ1) is 8.53. The molecule has 3 heteroatoms. The van der Waals surface area contributed by atoms with E-state index in [9.17, 15) is 4.79 Å². The third-order valence-electron chi connectivity index (χ3n) is 2.05. The van der Waals surface area contributed by atoms with E-state index in [0.717, 1.165) is 12.8 Å². The molecule has 0 aromatic rings. The maximum Gasteiger partial charge on any atom is 0.220 e. The fourth-order valence-electron chi connectivity index (χ4n) is 1.42. The molecule has 1 amide bonds. The molecule has 0 radical (unpaired) electrons. The lowest BCUT2D eigenvalue weighted by molar-refractivity contribution is -0.121. The quantitative estimate of drug-likeness (QED) is 0.608. The number of rotatable bonds is 1. The predicted octanol–water partition coefficient (Wildman–Crippen LogP) is 0.690. The van der Waals surface area contributed by atoms with Gasteiger partial charge in [-0.2, -0.15) is 0 Å². The number of hydrogen-bond donors (Lipinski definition) is 1. The van der Waals surface area contributed by atoms with Crippen LogP contribution in [0.1, 0.15) is 26.2 Å². The predicted molar refractivity (Wildman–Crippen MR) is 42.3 cm³/mol. The van der Waals surface area contributed by atoms with Crippen molar-refractivity contribution < 1.29 is 9.53 Å². The summed E-state index contributed by atoms with van der Waals surface area (Å²) >= 11 is 0. The number of carbonyl (C=O) groups is 1. The Labute approximate surface area is 67.1 Å². The van der Waals surface area contributed by atoms with Gasteiger partial charge in [-0.1, -0.05) is 0 Å². The molecule has 0 aromatic carbocycles. The van der Waals surface area contributed by atoms with Gasteiger partial charge in [0.15, 0.2) is 0 Å². The number of methoxy groups -OCH3 is 1. The third kappa shape index (κ3) is 2.50. The molecular weight excluding hydrogens is 142 g/mol. The second-order valence-corrected chi connectivity index (χ2v) is 3.10. The van der Waals surface area contributed by atoms with E-state index in [-0.39, 0.29) is 18.1 Å². The fourth-order valence-corrected chi connectivity index (χ4v) is 1.42. The molecule has 1 saturated heterocycles. The van der Waals surface area contributed by atoms with Gasteiger partial charge in [-0.05, 0) is 19.8 Å². The van der Waals surface area contributed by atoms with E-state index in [2.05, 4.69) is 5.32 Å². The molecule has 11 heavy (non-hydrogen) atoms. The first-order valence-corrected chi connectivity index (χ1v) is 4.04.